The van der Waals surface area contributed by atoms with Crippen molar-refractivity contribution in [1.29, 1.82) is 0 Å². The van der Waals surface area contributed by atoms with Crippen LogP contribution in [-0.2, 0) is 4.74 Å². The van der Waals surface area contributed by atoms with Crippen LogP contribution in [0.25, 0.3) is 0 Å². The van der Waals surface area contributed by atoms with E-state index in [-0.39, 0.29) is 0 Å². The Balaban J connectivity index is 0.000000791. The SMILES string of the molecule is NCCCCCC1CNCCO1.NN. The predicted octanol–water partition coefficient (Wildman–Crippen LogP) is -0.687. The fraction of sp³-hybridized carbons (Fsp3) is 1.00. The summed E-state index contributed by atoms with van der Waals surface area (Å²) in [5.41, 5.74) is 5.40. The Morgan fingerprint density at radius 3 is 2.57 bits per heavy atom. The molecule has 0 bridgehead atoms. The molecule has 5 heteroatoms. The highest BCUT2D eigenvalue weighted by atomic mass is 16.5. The Bertz CT molecular complexity index is 107. The van der Waals surface area contributed by atoms with Gasteiger partial charge in [-0.15, -0.1) is 0 Å². The molecule has 14 heavy (non-hydrogen) atoms. The Labute approximate surface area is 86.3 Å². The van der Waals surface area contributed by atoms with Gasteiger partial charge < -0.3 is 15.8 Å². The average molecular weight is 204 g/mol. The second-order valence-electron chi connectivity index (χ2n) is 3.33. The summed E-state index contributed by atoms with van der Waals surface area (Å²) in [6.45, 7) is 3.74. The lowest BCUT2D eigenvalue weighted by molar-refractivity contribution is 0.0221. The molecule has 1 rings (SSSR count). The Kier molecular flexibility index (Phi) is 10.7. The molecule has 0 spiro atoms. The highest BCUT2D eigenvalue weighted by Gasteiger charge is 2.11. The molecule has 1 aliphatic rings. The van der Waals surface area contributed by atoms with Crippen molar-refractivity contribution < 1.29 is 4.74 Å². The van der Waals surface area contributed by atoms with Crippen molar-refractivity contribution in [3.63, 3.8) is 0 Å². The number of rotatable bonds is 5. The molecule has 1 aliphatic heterocycles. The van der Waals surface area contributed by atoms with Crippen molar-refractivity contribution in [2.45, 2.75) is 31.8 Å². The maximum Gasteiger partial charge on any atom is 0.0700 e. The Morgan fingerprint density at radius 2 is 2.00 bits per heavy atom. The van der Waals surface area contributed by atoms with Gasteiger partial charge in [-0.3, -0.25) is 11.7 Å². The lowest BCUT2D eigenvalue weighted by atomic mass is 10.1. The molecule has 0 saturated carbocycles. The number of unbranched alkanes of at least 4 members (excludes halogenated alkanes) is 2. The van der Waals surface area contributed by atoms with Gasteiger partial charge in [0.25, 0.3) is 0 Å². The first-order valence-corrected chi connectivity index (χ1v) is 5.29. The second-order valence-corrected chi connectivity index (χ2v) is 3.33. The van der Waals surface area contributed by atoms with Gasteiger partial charge in [0.1, 0.15) is 0 Å². The van der Waals surface area contributed by atoms with Crippen molar-refractivity contribution in [3.05, 3.63) is 0 Å². The summed E-state index contributed by atoms with van der Waals surface area (Å²) in [6, 6.07) is 0. The van der Waals surface area contributed by atoms with Crippen LogP contribution in [-0.4, -0.2) is 32.3 Å². The molecule has 5 nitrogen and oxygen atoms in total. The van der Waals surface area contributed by atoms with E-state index in [0.717, 1.165) is 32.7 Å². The van der Waals surface area contributed by atoms with E-state index in [9.17, 15) is 0 Å². The summed E-state index contributed by atoms with van der Waals surface area (Å²) in [7, 11) is 0. The summed E-state index contributed by atoms with van der Waals surface area (Å²) in [5.74, 6) is 8.00. The number of hydrogen-bond acceptors (Lipinski definition) is 5. The molecule has 1 atom stereocenters. The highest BCUT2D eigenvalue weighted by Crippen LogP contribution is 2.07. The summed E-state index contributed by atoms with van der Waals surface area (Å²) >= 11 is 0. The monoisotopic (exact) mass is 204 g/mol. The molecule has 1 heterocycles. The molecular weight excluding hydrogens is 180 g/mol. The molecule has 0 radical (unpaired) electrons. The zero-order valence-electron chi connectivity index (χ0n) is 8.87. The molecule has 0 aromatic carbocycles. The van der Waals surface area contributed by atoms with E-state index in [0.29, 0.717) is 6.10 Å². The van der Waals surface area contributed by atoms with Crippen LogP contribution in [0.3, 0.4) is 0 Å². The minimum absolute atomic E-state index is 0.455. The number of hydrazine groups is 1. The van der Waals surface area contributed by atoms with Gasteiger partial charge >= 0.3 is 0 Å². The van der Waals surface area contributed by atoms with Gasteiger partial charge in [-0.05, 0) is 19.4 Å². The molecule has 0 aromatic rings. The van der Waals surface area contributed by atoms with E-state index >= 15 is 0 Å². The lowest BCUT2D eigenvalue weighted by Gasteiger charge is -2.23. The van der Waals surface area contributed by atoms with E-state index in [4.69, 9.17) is 10.5 Å². The predicted molar refractivity (Wildman–Crippen MR) is 58.5 cm³/mol. The zero-order valence-corrected chi connectivity index (χ0v) is 8.87. The van der Waals surface area contributed by atoms with Gasteiger partial charge in [0.15, 0.2) is 0 Å². The van der Waals surface area contributed by atoms with Crippen LogP contribution in [0, 0.1) is 0 Å². The van der Waals surface area contributed by atoms with Crippen molar-refractivity contribution in [1.82, 2.24) is 5.32 Å². The Morgan fingerprint density at radius 1 is 1.21 bits per heavy atom. The van der Waals surface area contributed by atoms with Crippen molar-refractivity contribution >= 4 is 0 Å². The summed E-state index contributed by atoms with van der Waals surface area (Å²) in [4.78, 5) is 0. The third-order valence-corrected chi connectivity index (χ3v) is 2.23. The van der Waals surface area contributed by atoms with Crippen LogP contribution in [0.15, 0.2) is 0 Å². The molecule has 0 amide bonds. The zero-order chi connectivity index (χ0) is 10.6. The average Bonchev–Trinajstić information content (AvgIpc) is 2.29. The van der Waals surface area contributed by atoms with Crippen LogP contribution in [0.1, 0.15) is 25.7 Å². The van der Waals surface area contributed by atoms with E-state index in [1.54, 1.807) is 0 Å². The second kappa shape index (κ2) is 10.9. The topological polar surface area (TPSA) is 99.3 Å². The number of nitrogens with two attached hydrogens (primary N) is 3. The van der Waals surface area contributed by atoms with Gasteiger partial charge in [-0.25, -0.2) is 0 Å². The number of morpholine rings is 1. The third-order valence-electron chi connectivity index (χ3n) is 2.23. The first-order chi connectivity index (χ1) is 6.93. The molecular formula is C9H24N4O. The minimum atomic E-state index is 0.455. The molecule has 86 valence electrons. The van der Waals surface area contributed by atoms with Crippen LogP contribution in [0.2, 0.25) is 0 Å². The van der Waals surface area contributed by atoms with E-state index in [1.165, 1.54) is 19.3 Å². The van der Waals surface area contributed by atoms with Gasteiger partial charge in [-0.1, -0.05) is 12.8 Å². The lowest BCUT2D eigenvalue weighted by Crippen LogP contribution is -2.38. The van der Waals surface area contributed by atoms with Gasteiger partial charge in [0.05, 0.1) is 12.7 Å². The molecule has 0 aliphatic carbocycles. The van der Waals surface area contributed by atoms with Gasteiger partial charge in [0, 0.05) is 13.1 Å². The normalized spacial score (nSPS) is 21.2. The third kappa shape index (κ3) is 7.23. The van der Waals surface area contributed by atoms with Crippen LogP contribution in [0.5, 0.6) is 0 Å². The van der Waals surface area contributed by atoms with Crippen molar-refractivity contribution in [2.75, 3.05) is 26.2 Å². The summed E-state index contributed by atoms with van der Waals surface area (Å²) < 4.78 is 5.56. The molecule has 0 aromatic heterocycles. The van der Waals surface area contributed by atoms with Crippen molar-refractivity contribution in [3.8, 4) is 0 Å². The molecule has 1 fully saturated rings. The summed E-state index contributed by atoms with van der Waals surface area (Å²) in [6.07, 6.45) is 5.30. The maximum atomic E-state index is 5.56. The van der Waals surface area contributed by atoms with Crippen LogP contribution in [0.4, 0.5) is 0 Å². The molecule has 1 unspecified atom stereocenters. The summed E-state index contributed by atoms with van der Waals surface area (Å²) in [5, 5.41) is 3.33. The van der Waals surface area contributed by atoms with Gasteiger partial charge in [0.2, 0.25) is 0 Å². The highest BCUT2D eigenvalue weighted by molar-refractivity contribution is 4.66. The molecule has 1 saturated heterocycles. The standard InChI is InChI=1S/C9H20N2O.H4N2/c10-5-3-1-2-4-9-8-11-6-7-12-9;1-2/h9,11H,1-8,10H2;1-2H2. The Hall–Kier alpha value is -0.200. The fourth-order valence-corrected chi connectivity index (χ4v) is 1.50. The van der Waals surface area contributed by atoms with Crippen LogP contribution < -0.4 is 22.7 Å². The number of ether oxygens (including phenoxy) is 1. The van der Waals surface area contributed by atoms with Crippen LogP contribution >= 0.6 is 0 Å². The van der Waals surface area contributed by atoms with Crippen molar-refractivity contribution in [2.24, 2.45) is 17.4 Å². The minimum Gasteiger partial charge on any atom is -0.376 e. The van der Waals surface area contributed by atoms with E-state index in [1.807, 2.05) is 0 Å². The first kappa shape index (κ1) is 13.8. The fourth-order valence-electron chi connectivity index (χ4n) is 1.50. The number of nitrogens with one attached hydrogen (secondary N) is 1. The quantitative estimate of drug-likeness (QED) is 0.270. The van der Waals surface area contributed by atoms with E-state index < -0.39 is 0 Å². The van der Waals surface area contributed by atoms with Gasteiger partial charge in [-0.2, -0.15) is 0 Å². The van der Waals surface area contributed by atoms with E-state index in [2.05, 4.69) is 17.0 Å². The molecule has 7 N–H and O–H groups in total. The first-order valence-electron chi connectivity index (χ1n) is 5.29. The maximum absolute atomic E-state index is 5.56. The largest absolute Gasteiger partial charge is 0.376 e. The number of hydrogen-bond donors (Lipinski definition) is 4. The smallest absolute Gasteiger partial charge is 0.0700 e.